The fraction of sp³-hybridized carbons (Fsp3) is 0.421. The van der Waals surface area contributed by atoms with Crippen LogP contribution in [-0.2, 0) is 11.3 Å². The number of rotatable bonds is 6. The number of hydrogen-bond donors (Lipinski definition) is 4. The molecule has 2 aliphatic rings. The molecule has 0 radical (unpaired) electrons. The number of nitrogens with one attached hydrogen (secondary N) is 4. The van der Waals surface area contributed by atoms with Gasteiger partial charge in [0, 0.05) is 41.8 Å². The first-order valence-electron chi connectivity index (χ1n) is 9.50. The van der Waals surface area contributed by atoms with Gasteiger partial charge in [-0.1, -0.05) is 6.92 Å². The van der Waals surface area contributed by atoms with Crippen molar-refractivity contribution < 1.29 is 14.4 Å². The van der Waals surface area contributed by atoms with Crippen molar-refractivity contribution in [3.05, 3.63) is 30.0 Å². The number of hydrogen-bond acceptors (Lipinski definition) is 3. The van der Waals surface area contributed by atoms with Crippen molar-refractivity contribution in [2.75, 3.05) is 11.9 Å². The first-order valence-corrected chi connectivity index (χ1v) is 9.50. The first kappa shape index (κ1) is 18.1. The summed E-state index contributed by atoms with van der Waals surface area (Å²) < 4.78 is 2.27. The summed E-state index contributed by atoms with van der Waals surface area (Å²) in [7, 11) is 0. The summed E-state index contributed by atoms with van der Waals surface area (Å²) in [5.74, 6) is -0.183. The maximum atomic E-state index is 12.4. The Balaban J connectivity index is 1.38. The Morgan fingerprint density at radius 2 is 1.96 bits per heavy atom. The molecule has 4 rings (SSSR count). The Morgan fingerprint density at radius 3 is 2.75 bits per heavy atom. The molecular weight excluding hydrogens is 360 g/mol. The number of amides is 5. The predicted octanol–water partition coefficient (Wildman–Crippen LogP) is 1.68. The Hall–Kier alpha value is -3.23. The summed E-state index contributed by atoms with van der Waals surface area (Å²) in [6.45, 7) is 5.41. The molecule has 2 aromatic rings. The van der Waals surface area contributed by atoms with Crippen molar-refractivity contribution in [2.45, 2.75) is 45.6 Å². The second kappa shape index (κ2) is 7.06. The largest absolute Gasteiger partial charge is 0.345 e. The fourth-order valence-corrected chi connectivity index (χ4v) is 3.89. The molecular formula is C19H24N6O3. The molecule has 0 spiro atoms. The van der Waals surface area contributed by atoms with E-state index in [4.69, 9.17) is 0 Å². The Kier molecular flexibility index (Phi) is 4.58. The van der Waals surface area contributed by atoms with Crippen LogP contribution in [0.15, 0.2) is 24.3 Å². The van der Waals surface area contributed by atoms with Crippen molar-refractivity contribution in [1.29, 1.82) is 0 Å². The van der Waals surface area contributed by atoms with Crippen LogP contribution in [0.4, 0.5) is 15.3 Å². The SMILES string of the molecule is CCCn1c(C)cc2cc(NC(=O)CCN3C(=O)N[C@@H]4NC(=O)N[C@@H]43)ccc21. The van der Waals surface area contributed by atoms with Gasteiger partial charge >= 0.3 is 12.1 Å². The van der Waals surface area contributed by atoms with Gasteiger partial charge < -0.3 is 25.8 Å². The minimum absolute atomic E-state index is 0.139. The number of aryl methyl sites for hydroxylation is 2. The highest BCUT2D eigenvalue weighted by molar-refractivity contribution is 5.94. The van der Waals surface area contributed by atoms with Crippen molar-refractivity contribution in [2.24, 2.45) is 0 Å². The number of urea groups is 2. The molecule has 9 heteroatoms. The average Bonchev–Trinajstić information content (AvgIpc) is 3.23. The van der Waals surface area contributed by atoms with Crippen LogP contribution in [0.1, 0.15) is 25.5 Å². The number of benzene rings is 1. The number of nitrogens with zero attached hydrogens (tertiary/aromatic N) is 2. The maximum absolute atomic E-state index is 12.4. The summed E-state index contributed by atoms with van der Waals surface area (Å²) in [5.41, 5.74) is 3.08. The molecule has 28 heavy (non-hydrogen) atoms. The van der Waals surface area contributed by atoms with E-state index in [0.29, 0.717) is 0 Å². The zero-order valence-corrected chi connectivity index (χ0v) is 15.9. The molecule has 2 saturated heterocycles. The molecule has 5 amide bonds. The number of anilines is 1. The minimum Gasteiger partial charge on any atom is -0.345 e. The third-order valence-electron chi connectivity index (χ3n) is 5.18. The van der Waals surface area contributed by atoms with Crippen LogP contribution in [-0.4, -0.2) is 46.3 Å². The van der Waals surface area contributed by atoms with Crippen LogP contribution in [0.5, 0.6) is 0 Å². The van der Waals surface area contributed by atoms with Crippen LogP contribution < -0.4 is 21.3 Å². The third kappa shape index (κ3) is 3.23. The van der Waals surface area contributed by atoms with Gasteiger partial charge in [0.15, 0.2) is 0 Å². The maximum Gasteiger partial charge on any atom is 0.320 e. The van der Waals surface area contributed by atoms with Gasteiger partial charge in [-0.25, -0.2) is 9.59 Å². The summed E-state index contributed by atoms with van der Waals surface area (Å²) in [6.07, 6.45) is 0.275. The highest BCUT2D eigenvalue weighted by Gasteiger charge is 2.45. The van der Waals surface area contributed by atoms with Crippen molar-refractivity contribution in [3.63, 3.8) is 0 Å². The highest BCUT2D eigenvalue weighted by atomic mass is 16.2. The van der Waals surface area contributed by atoms with Crippen molar-refractivity contribution in [3.8, 4) is 0 Å². The second-order valence-corrected chi connectivity index (χ2v) is 7.19. The smallest absolute Gasteiger partial charge is 0.320 e. The number of carbonyl (C=O) groups excluding carboxylic acids is 3. The number of carbonyl (C=O) groups is 3. The quantitative estimate of drug-likeness (QED) is 0.609. The molecule has 2 atom stereocenters. The van der Waals surface area contributed by atoms with Gasteiger partial charge in [0.25, 0.3) is 0 Å². The van der Waals surface area contributed by atoms with E-state index in [1.165, 1.54) is 10.6 Å². The molecule has 1 aromatic heterocycles. The molecule has 2 fully saturated rings. The molecule has 0 saturated carbocycles. The van der Waals surface area contributed by atoms with Gasteiger partial charge in [0.05, 0.1) is 0 Å². The van der Waals surface area contributed by atoms with E-state index >= 15 is 0 Å². The molecule has 0 bridgehead atoms. The van der Waals surface area contributed by atoms with Gasteiger partial charge in [-0.15, -0.1) is 0 Å². The summed E-state index contributed by atoms with van der Waals surface area (Å²) in [4.78, 5) is 37.2. The van der Waals surface area contributed by atoms with Crippen LogP contribution in [0, 0.1) is 6.92 Å². The summed E-state index contributed by atoms with van der Waals surface area (Å²) in [5, 5.41) is 11.9. The van der Waals surface area contributed by atoms with Crippen molar-refractivity contribution in [1.82, 2.24) is 25.4 Å². The first-order chi connectivity index (χ1) is 13.5. The molecule has 0 aliphatic carbocycles. The van der Waals surface area contributed by atoms with Crippen LogP contribution in [0.2, 0.25) is 0 Å². The average molecular weight is 384 g/mol. The second-order valence-electron chi connectivity index (χ2n) is 7.19. The molecule has 3 heterocycles. The third-order valence-corrected chi connectivity index (χ3v) is 5.18. The normalized spacial score (nSPS) is 20.7. The number of aromatic nitrogens is 1. The zero-order valence-electron chi connectivity index (χ0n) is 15.9. The van der Waals surface area contributed by atoms with Gasteiger partial charge in [-0.05, 0) is 37.6 Å². The minimum atomic E-state index is -0.467. The molecule has 9 nitrogen and oxygen atoms in total. The number of fused-ring (bicyclic) bond motifs is 2. The Bertz CT molecular complexity index is 953. The topological polar surface area (TPSA) is 108 Å². The molecule has 4 N–H and O–H groups in total. The van der Waals surface area contributed by atoms with Crippen LogP contribution in [0.3, 0.4) is 0 Å². The molecule has 0 unspecified atom stereocenters. The fourth-order valence-electron chi connectivity index (χ4n) is 3.89. The predicted molar refractivity (Wildman–Crippen MR) is 105 cm³/mol. The van der Waals surface area contributed by atoms with Crippen LogP contribution in [0.25, 0.3) is 10.9 Å². The van der Waals surface area contributed by atoms with E-state index in [-0.39, 0.29) is 30.9 Å². The summed E-state index contributed by atoms with van der Waals surface area (Å²) in [6, 6.07) is 7.36. The van der Waals surface area contributed by atoms with E-state index in [1.807, 2.05) is 18.2 Å². The van der Waals surface area contributed by atoms with Gasteiger partial charge in [0.1, 0.15) is 12.3 Å². The van der Waals surface area contributed by atoms with Crippen molar-refractivity contribution >= 4 is 34.6 Å². The molecule has 148 valence electrons. The standard InChI is InChI=1S/C19H24N6O3/c1-3-7-24-11(2)9-12-10-13(4-5-14(12)24)20-15(26)6-8-25-17-16(22-19(25)28)21-18(27)23-17/h4-5,9-10,16-17H,3,6-8H2,1-2H3,(H,20,26)(H,22,28)(H2,21,23,27)/t16-,17+/m0/s1. The Morgan fingerprint density at radius 1 is 1.14 bits per heavy atom. The lowest BCUT2D eigenvalue weighted by Crippen LogP contribution is -2.44. The van der Waals surface area contributed by atoms with E-state index in [9.17, 15) is 14.4 Å². The van der Waals surface area contributed by atoms with Gasteiger partial charge in [-0.3, -0.25) is 9.69 Å². The van der Waals surface area contributed by atoms with E-state index < -0.39 is 12.3 Å². The summed E-state index contributed by atoms with van der Waals surface area (Å²) >= 11 is 0. The van der Waals surface area contributed by atoms with Gasteiger partial charge in [-0.2, -0.15) is 0 Å². The monoisotopic (exact) mass is 384 g/mol. The van der Waals surface area contributed by atoms with Gasteiger partial charge in [0.2, 0.25) is 5.91 Å². The molecule has 1 aromatic carbocycles. The Labute approximate surface area is 162 Å². The lowest BCUT2D eigenvalue weighted by atomic mass is 10.2. The lowest BCUT2D eigenvalue weighted by molar-refractivity contribution is -0.116. The zero-order chi connectivity index (χ0) is 19.8. The van der Waals surface area contributed by atoms with E-state index in [0.717, 1.165) is 29.6 Å². The molecule has 2 aliphatic heterocycles. The highest BCUT2D eigenvalue weighted by Crippen LogP contribution is 2.24. The lowest BCUT2D eigenvalue weighted by Gasteiger charge is -2.20. The van der Waals surface area contributed by atoms with E-state index in [1.54, 1.807) is 0 Å². The van der Waals surface area contributed by atoms with E-state index in [2.05, 4.69) is 45.7 Å². The van der Waals surface area contributed by atoms with Crippen LogP contribution >= 0.6 is 0 Å².